The van der Waals surface area contributed by atoms with Gasteiger partial charge in [0.1, 0.15) is 12.4 Å². The Labute approximate surface area is 212 Å². The molecular formula is C32H41NO2. The molecule has 186 valence electrons. The van der Waals surface area contributed by atoms with Crippen LogP contribution in [0.2, 0.25) is 0 Å². The van der Waals surface area contributed by atoms with Gasteiger partial charge in [0, 0.05) is 19.3 Å². The first-order chi connectivity index (χ1) is 16.8. The molecule has 0 radical (unpaired) electrons. The van der Waals surface area contributed by atoms with Crippen molar-refractivity contribution < 1.29 is 9.47 Å². The fraction of sp³-hybridized carbons (Fsp3) is 0.375. The summed E-state index contributed by atoms with van der Waals surface area (Å²) < 4.78 is 12.7. The Morgan fingerprint density at radius 2 is 1.57 bits per heavy atom. The summed E-state index contributed by atoms with van der Waals surface area (Å²) >= 11 is 0. The average Bonchev–Trinajstić information content (AvgIpc) is 3.26. The summed E-state index contributed by atoms with van der Waals surface area (Å²) in [5.74, 6) is 0.963. The number of hydrogen-bond acceptors (Lipinski definition) is 3. The second kappa shape index (κ2) is 12.1. The minimum atomic E-state index is -0.387. The Hall–Kier alpha value is -3.04. The molecule has 0 bridgehead atoms. The first kappa shape index (κ1) is 26.6. The predicted molar refractivity (Wildman–Crippen MR) is 147 cm³/mol. The molecular weight excluding hydrogens is 430 g/mol. The van der Waals surface area contributed by atoms with E-state index in [9.17, 15) is 0 Å². The molecule has 0 N–H and O–H groups in total. The number of hydrogen-bond donors (Lipinski definition) is 0. The molecule has 0 amide bonds. The Morgan fingerprint density at radius 3 is 2.11 bits per heavy atom. The second-order valence-electron chi connectivity index (χ2n) is 9.92. The van der Waals surface area contributed by atoms with Crippen molar-refractivity contribution in [2.45, 2.75) is 53.4 Å². The van der Waals surface area contributed by atoms with Crippen LogP contribution in [0.25, 0.3) is 0 Å². The minimum Gasteiger partial charge on any atom is -0.489 e. The maximum absolute atomic E-state index is 6.53. The first-order valence-corrected chi connectivity index (χ1v) is 12.6. The highest BCUT2D eigenvalue weighted by Gasteiger charge is 2.40. The van der Waals surface area contributed by atoms with Crippen LogP contribution in [-0.4, -0.2) is 24.6 Å². The minimum absolute atomic E-state index is 0.0797. The lowest BCUT2D eigenvalue weighted by atomic mass is 9.76. The van der Waals surface area contributed by atoms with E-state index in [0.29, 0.717) is 19.0 Å². The zero-order chi connectivity index (χ0) is 25.4. The van der Waals surface area contributed by atoms with Crippen LogP contribution in [0, 0.1) is 11.3 Å². The van der Waals surface area contributed by atoms with Gasteiger partial charge in [-0.3, -0.25) is 0 Å². The molecule has 0 fully saturated rings. The third-order valence-electron chi connectivity index (χ3n) is 7.00. The van der Waals surface area contributed by atoms with E-state index in [0.717, 1.165) is 24.1 Å². The maximum Gasteiger partial charge on any atom is 0.115 e. The summed E-state index contributed by atoms with van der Waals surface area (Å²) in [6.45, 7) is 19.3. The number of ether oxygens (including phenoxy) is 2. The van der Waals surface area contributed by atoms with E-state index < -0.39 is 0 Å². The summed E-state index contributed by atoms with van der Waals surface area (Å²) in [5, 5.41) is 0. The molecule has 0 saturated heterocycles. The molecule has 2 atom stereocenters. The standard InChI is InChI=1S/C32H41NO2/c1-8-29-19-20-33(7)31(29)32(6,26(5)35-23-28-17-13-10-14-18-28)21-30(24(2)3)25(4)34-22-27-15-11-9-12-16-27/h8-18,21,24,26H,1,4,19-20,22-23H2,2-3,5-7H3/b30-21-/t26-,32+/m0/s1. The Kier molecular flexibility index (Phi) is 9.17. The Bertz CT molecular complexity index is 1050. The fourth-order valence-corrected chi connectivity index (χ4v) is 4.79. The number of benzene rings is 2. The van der Waals surface area contributed by atoms with Gasteiger partial charge in [0.2, 0.25) is 0 Å². The lowest BCUT2D eigenvalue weighted by Crippen LogP contribution is -2.38. The van der Waals surface area contributed by atoms with E-state index in [1.54, 1.807) is 0 Å². The largest absolute Gasteiger partial charge is 0.489 e. The predicted octanol–water partition coefficient (Wildman–Crippen LogP) is 7.69. The van der Waals surface area contributed by atoms with Crippen LogP contribution in [0.1, 0.15) is 45.2 Å². The van der Waals surface area contributed by atoms with Crippen molar-refractivity contribution in [3.63, 3.8) is 0 Å². The highest BCUT2D eigenvalue weighted by atomic mass is 16.5. The van der Waals surface area contributed by atoms with Crippen LogP contribution in [0.5, 0.6) is 0 Å². The van der Waals surface area contributed by atoms with E-state index >= 15 is 0 Å². The Balaban J connectivity index is 1.95. The van der Waals surface area contributed by atoms with Crippen molar-refractivity contribution in [2.24, 2.45) is 11.3 Å². The van der Waals surface area contributed by atoms with E-state index in [2.05, 4.69) is 95.3 Å². The molecule has 35 heavy (non-hydrogen) atoms. The van der Waals surface area contributed by atoms with E-state index in [1.165, 1.54) is 16.8 Å². The quantitative estimate of drug-likeness (QED) is 0.234. The molecule has 3 rings (SSSR count). The van der Waals surface area contributed by atoms with Crippen molar-refractivity contribution in [3.8, 4) is 0 Å². The van der Waals surface area contributed by atoms with Crippen molar-refractivity contribution in [3.05, 3.63) is 120 Å². The summed E-state index contributed by atoms with van der Waals surface area (Å²) in [4.78, 5) is 2.35. The molecule has 0 aliphatic carbocycles. The van der Waals surface area contributed by atoms with Gasteiger partial charge in [0.05, 0.1) is 18.1 Å². The van der Waals surface area contributed by atoms with Gasteiger partial charge in [0.25, 0.3) is 0 Å². The van der Waals surface area contributed by atoms with Crippen LogP contribution >= 0.6 is 0 Å². The summed E-state index contributed by atoms with van der Waals surface area (Å²) in [6, 6.07) is 20.6. The smallest absolute Gasteiger partial charge is 0.115 e. The average molecular weight is 472 g/mol. The third-order valence-corrected chi connectivity index (χ3v) is 7.00. The van der Waals surface area contributed by atoms with Crippen LogP contribution in [0.4, 0.5) is 0 Å². The topological polar surface area (TPSA) is 21.7 Å². The van der Waals surface area contributed by atoms with Crippen LogP contribution < -0.4 is 0 Å². The van der Waals surface area contributed by atoms with Crippen LogP contribution in [0.15, 0.2) is 109 Å². The number of rotatable bonds is 12. The second-order valence-corrected chi connectivity index (χ2v) is 9.92. The molecule has 0 saturated carbocycles. The maximum atomic E-state index is 6.53. The van der Waals surface area contributed by atoms with Gasteiger partial charge in [-0.2, -0.15) is 0 Å². The first-order valence-electron chi connectivity index (χ1n) is 12.6. The van der Waals surface area contributed by atoms with Crippen molar-refractivity contribution in [1.29, 1.82) is 0 Å². The van der Waals surface area contributed by atoms with Gasteiger partial charge >= 0.3 is 0 Å². The number of allylic oxidation sites excluding steroid dienone is 2. The summed E-state index contributed by atoms with van der Waals surface area (Å²) in [5.41, 5.74) is 5.56. The van der Waals surface area contributed by atoms with Crippen molar-refractivity contribution in [1.82, 2.24) is 4.90 Å². The van der Waals surface area contributed by atoms with Crippen molar-refractivity contribution >= 4 is 0 Å². The molecule has 0 unspecified atom stereocenters. The number of nitrogens with zero attached hydrogens (tertiary/aromatic N) is 1. The lowest BCUT2D eigenvalue weighted by molar-refractivity contribution is -0.00484. The Morgan fingerprint density at radius 1 is 1.00 bits per heavy atom. The molecule has 3 nitrogen and oxygen atoms in total. The lowest BCUT2D eigenvalue weighted by Gasteiger charge is -2.39. The molecule has 3 heteroatoms. The molecule has 1 aliphatic heterocycles. The summed E-state index contributed by atoms with van der Waals surface area (Å²) in [6.07, 6.45) is 5.25. The van der Waals surface area contributed by atoms with Gasteiger partial charge in [-0.25, -0.2) is 0 Å². The van der Waals surface area contributed by atoms with E-state index in [1.807, 2.05) is 30.3 Å². The third kappa shape index (κ3) is 6.55. The van der Waals surface area contributed by atoms with E-state index in [4.69, 9.17) is 9.47 Å². The SMILES string of the molecule is C=CC1=C([C@](C)(/C=C(\C(=C)OCc2ccccc2)C(C)C)[C@H](C)OCc2ccccc2)N(C)CC1. The van der Waals surface area contributed by atoms with Gasteiger partial charge in [-0.05, 0) is 48.5 Å². The molecule has 0 aromatic heterocycles. The molecule has 2 aromatic carbocycles. The zero-order valence-corrected chi connectivity index (χ0v) is 22.1. The van der Waals surface area contributed by atoms with Crippen LogP contribution in [-0.2, 0) is 22.7 Å². The fourth-order valence-electron chi connectivity index (χ4n) is 4.79. The van der Waals surface area contributed by atoms with Crippen molar-refractivity contribution in [2.75, 3.05) is 13.6 Å². The highest BCUT2D eigenvalue weighted by molar-refractivity contribution is 5.40. The normalized spacial score (nSPS) is 16.9. The zero-order valence-electron chi connectivity index (χ0n) is 22.1. The molecule has 0 spiro atoms. The van der Waals surface area contributed by atoms with Crippen LogP contribution in [0.3, 0.4) is 0 Å². The van der Waals surface area contributed by atoms with Gasteiger partial charge in [-0.15, -0.1) is 0 Å². The van der Waals surface area contributed by atoms with Gasteiger partial charge < -0.3 is 14.4 Å². The molecule has 2 aromatic rings. The van der Waals surface area contributed by atoms with Gasteiger partial charge in [0.15, 0.2) is 0 Å². The molecule has 1 heterocycles. The monoisotopic (exact) mass is 471 g/mol. The van der Waals surface area contributed by atoms with Gasteiger partial charge in [-0.1, -0.05) is 99.8 Å². The highest BCUT2D eigenvalue weighted by Crippen LogP contribution is 2.44. The molecule has 1 aliphatic rings. The summed E-state index contributed by atoms with van der Waals surface area (Å²) in [7, 11) is 2.16. The van der Waals surface area contributed by atoms with E-state index in [-0.39, 0.29) is 17.4 Å².